The van der Waals surface area contributed by atoms with Gasteiger partial charge in [-0.2, -0.15) is 4.98 Å². The number of pyridine rings is 1. The number of aromatic nitrogens is 3. The fraction of sp³-hybridized carbons (Fsp3) is 0.458. The first-order chi connectivity index (χ1) is 14.6. The summed E-state index contributed by atoms with van der Waals surface area (Å²) in [5.41, 5.74) is 3.19. The maximum Gasteiger partial charge on any atom is 0.225 e. The molecule has 0 atom stereocenters. The molecule has 1 fully saturated rings. The molecule has 0 radical (unpaired) electrons. The number of benzene rings is 1. The molecule has 0 unspecified atom stereocenters. The standard InChI is InChI=1S/C24H32N6/c1-17-7-6-8-20(26-17)16-25-15-18-11-13-19(14-12-18)27-24-28-22-10-5-4-9-21(22)23(29-24)30(2)3/h4-10,18-19,25H,11-16H2,1-3H3,(H,27,28,29)/t18-,19+. The molecule has 2 aromatic heterocycles. The minimum absolute atomic E-state index is 0.441. The topological polar surface area (TPSA) is 66.0 Å². The maximum atomic E-state index is 4.79. The number of anilines is 2. The van der Waals surface area contributed by atoms with Crippen LogP contribution in [-0.4, -0.2) is 41.6 Å². The predicted molar refractivity (Wildman–Crippen MR) is 124 cm³/mol. The Morgan fingerprint density at radius 2 is 1.73 bits per heavy atom. The van der Waals surface area contributed by atoms with Gasteiger partial charge in [0, 0.05) is 37.8 Å². The van der Waals surface area contributed by atoms with E-state index in [1.807, 2.05) is 39.2 Å². The van der Waals surface area contributed by atoms with E-state index >= 15 is 0 Å². The van der Waals surface area contributed by atoms with Crippen LogP contribution in [0.3, 0.4) is 0 Å². The highest BCUT2D eigenvalue weighted by atomic mass is 15.2. The molecule has 6 nitrogen and oxygen atoms in total. The van der Waals surface area contributed by atoms with Crippen molar-refractivity contribution in [1.29, 1.82) is 0 Å². The number of fused-ring (bicyclic) bond motifs is 1. The summed E-state index contributed by atoms with van der Waals surface area (Å²) in [5, 5.41) is 8.28. The van der Waals surface area contributed by atoms with Gasteiger partial charge in [0.2, 0.25) is 5.95 Å². The van der Waals surface area contributed by atoms with Gasteiger partial charge in [-0.15, -0.1) is 0 Å². The van der Waals surface area contributed by atoms with Crippen molar-refractivity contribution < 1.29 is 0 Å². The highest BCUT2D eigenvalue weighted by molar-refractivity contribution is 5.90. The van der Waals surface area contributed by atoms with E-state index in [1.165, 1.54) is 12.8 Å². The quantitative estimate of drug-likeness (QED) is 0.616. The van der Waals surface area contributed by atoms with Gasteiger partial charge in [0.15, 0.2) is 0 Å². The smallest absolute Gasteiger partial charge is 0.225 e. The molecule has 0 aliphatic heterocycles. The molecule has 158 valence electrons. The zero-order valence-electron chi connectivity index (χ0n) is 18.2. The number of para-hydroxylation sites is 1. The van der Waals surface area contributed by atoms with Crippen LogP contribution in [0.5, 0.6) is 0 Å². The van der Waals surface area contributed by atoms with Crippen molar-refractivity contribution >= 4 is 22.7 Å². The Labute approximate surface area is 179 Å². The first-order valence-corrected chi connectivity index (χ1v) is 10.9. The van der Waals surface area contributed by atoms with E-state index in [2.05, 4.69) is 44.8 Å². The van der Waals surface area contributed by atoms with Crippen LogP contribution in [0.15, 0.2) is 42.5 Å². The van der Waals surface area contributed by atoms with Crippen molar-refractivity contribution in [3.63, 3.8) is 0 Å². The lowest BCUT2D eigenvalue weighted by Crippen LogP contribution is -2.31. The monoisotopic (exact) mass is 404 g/mol. The molecule has 1 aliphatic carbocycles. The maximum absolute atomic E-state index is 4.79. The summed E-state index contributed by atoms with van der Waals surface area (Å²) < 4.78 is 0. The second-order valence-corrected chi connectivity index (χ2v) is 8.55. The molecule has 0 amide bonds. The van der Waals surface area contributed by atoms with Crippen LogP contribution >= 0.6 is 0 Å². The van der Waals surface area contributed by atoms with E-state index in [-0.39, 0.29) is 0 Å². The zero-order chi connectivity index (χ0) is 20.9. The average molecular weight is 405 g/mol. The van der Waals surface area contributed by atoms with Crippen LogP contribution in [0, 0.1) is 12.8 Å². The normalized spacial score (nSPS) is 19.0. The molecule has 0 bridgehead atoms. The van der Waals surface area contributed by atoms with E-state index in [4.69, 9.17) is 9.97 Å². The van der Waals surface area contributed by atoms with Gasteiger partial charge >= 0.3 is 0 Å². The third-order valence-corrected chi connectivity index (χ3v) is 5.87. The first-order valence-electron chi connectivity index (χ1n) is 10.9. The first kappa shape index (κ1) is 20.5. The predicted octanol–water partition coefficient (Wildman–Crippen LogP) is 4.16. The fourth-order valence-corrected chi connectivity index (χ4v) is 4.26. The average Bonchev–Trinajstić information content (AvgIpc) is 2.74. The second-order valence-electron chi connectivity index (χ2n) is 8.55. The minimum Gasteiger partial charge on any atom is -0.362 e. The van der Waals surface area contributed by atoms with Gasteiger partial charge in [-0.1, -0.05) is 18.2 Å². The zero-order valence-corrected chi connectivity index (χ0v) is 18.2. The molecule has 1 saturated carbocycles. The summed E-state index contributed by atoms with van der Waals surface area (Å²) in [7, 11) is 4.06. The Balaban J connectivity index is 1.29. The number of rotatable bonds is 7. The molecule has 3 aromatic rings. The van der Waals surface area contributed by atoms with Gasteiger partial charge in [-0.3, -0.25) is 4.98 Å². The van der Waals surface area contributed by atoms with Crippen molar-refractivity contribution in [3.8, 4) is 0 Å². The lowest BCUT2D eigenvalue weighted by Gasteiger charge is -2.29. The Hall–Kier alpha value is -2.73. The molecular weight excluding hydrogens is 372 g/mol. The van der Waals surface area contributed by atoms with Crippen LogP contribution in [0.25, 0.3) is 10.9 Å². The van der Waals surface area contributed by atoms with Crippen LogP contribution < -0.4 is 15.5 Å². The van der Waals surface area contributed by atoms with E-state index < -0.39 is 0 Å². The Bertz CT molecular complexity index is 978. The lowest BCUT2D eigenvalue weighted by molar-refractivity contribution is 0.323. The van der Waals surface area contributed by atoms with Crippen molar-refractivity contribution in [2.24, 2.45) is 5.92 Å². The highest BCUT2D eigenvalue weighted by Gasteiger charge is 2.22. The Morgan fingerprint density at radius 3 is 2.50 bits per heavy atom. The molecule has 6 heteroatoms. The summed E-state index contributed by atoms with van der Waals surface area (Å²) in [4.78, 5) is 16.2. The minimum atomic E-state index is 0.441. The summed E-state index contributed by atoms with van der Waals surface area (Å²) in [5.74, 6) is 2.43. The van der Waals surface area contributed by atoms with Crippen LogP contribution in [0.2, 0.25) is 0 Å². The van der Waals surface area contributed by atoms with E-state index in [0.29, 0.717) is 6.04 Å². The van der Waals surface area contributed by atoms with Crippen LogP contribution in [-0.2, 0) is 6.54 Å². The van der Waals surface area contributed by atoms with Crippen molar-refractivity contribution in [3.05, 3.63) is 53.9 Å². The van der Waals surface area contributed by atoms with Gasteiger partial charge in [0.25, 0.3) is 0 Å². The molecule has 0 spiro atoms. The van der Waals surface area contributed by atoms with Gasteiger partial charge < -0.3 is 15.5 Å². The molecular formula is C24H32N6. The molecule has 4 rings (SSSR count). The summed E-state index contributed by atoms with van der Waals surface area (Å²) in [6, 6.07) is 14.9. The van der Waals surface area contributed by atoms with E-state index in [1.54, 1.807) is 0 Å². The highest BCUT2D eigenvalue weighted by Crippen LogP contribution is 2.28. The van der Waals surface area contributed by atoms with Gasteiger partial charge in [0.05, 0.1) is 11.2 Å². The summed E-state index contributed by atoms with van der Waals surface area (Å²) >= 11 is 0. The molecule has 0 saturated heterocycles. The van der Waals surface area contributed by atoms with Crippen molar-refractivity contribution in [2.45, 2.75) is 45.2 Å². The Kier molecular flexibility index (Phi) is 6.43. The third kappa shape index (κ3) is 5.05. The molecule has 30 heavy (non-hydrogen) atoms. The molecule has 2 heterocycles. The van der Waals surface area contributed by atoms with E-state index in [0.717, 1.165) is 65.9 Å². The van der Waals surface area contributed by atoms with Gasteiger partial charge in [0.1, 0.15) is 5.82 Å². The third-order valence-electron chi connectivity index (χ3n) is 5.87. The summed E-state index contributed by atoms with van der Waals surface area (Å²) in [6.07, 6.45) is 4.76. The number of nitrogens with one attached hydrogen (secondary N) is 2. The SMILES string of the molecule is Cc1cccc(CNC[C@H]2CC[C@@H](Nc3nc(N(C)C)c4ccccc4n3)CC2)n1. The largest absolute Gasteiger partial charge is 0.362 e. The Morgan fingerprint density at radius 1 is 0.933 bits per heavy atom. The lowest BCUT2D eigenvalue weighted by atomic mass is 9.86. The van der Waals surface area contributed by atoms with E-state index in [9.17, 15) is 0 Å². The summed E-state index contributed by atoms with van der Waals surface area (Å²) in [6.45, 7) is 3.94. The second kappa shape index (κ2) is 9.39. The fourth-order valence-electron chi connectivity index (χ4n) is 4.26. The molecule has 1 aromatic carbocycles. The van der Waals surface area contributed by atoms with Crippen LogP contribution in [0.4, 0.5) is 11.8 Å². The number of aryl methyl sites for hydroxylation is 1. The van der Waals surface area contributed by atoms with Crippen molar-refractivity contribution in [1.82, 2.24) is 20.3 Å². The number of nitrogens with zero attached hydrogens (tertiary/aromatic N) is 4. The number of hydrogen-bond donors (Lipinski definition) is 2. The van der Waals surface area contributed by atoms with Gasteiger partial charge in [-0.25, -0.2) is 4.98 Å². The van der Waals surface area contributed by atoms with Crippen molar-refractivity contribution in [2.75, 3.05) is 30.9 Å². The van der Waals surface area contributed by atoms with Crippen LogP contribution in [0.1, 0.15) is 37.1 Å². The van der Waals surface area contributed by atoms with Gasteiger partial charge in [-0.05, 0) is 69.3 Å². The molecule has 1 aliphatic rings. The number of hydrogen-bond acceptors (Lipinski definition) is 6. The molecule has 2 N–H and O–H groups in total.